The fraction of sp³-hybridized carbons (Fsp3) is 0.0714. The summed E-state index contributed by atoms with van der Waals surface area (Å²) in [5.74, 6) is 0.383. The molecule has 0 aromatic heterocycles. The molecule has 1 heterocycles. The summed E-state index contributed by atoms with van der Waals surface area (Å²) in [4.78, 5) is 0. The molecule has 0 amide bonds. The van der Waals surface area contributed by atoms with Crippen LogP contribution in [0.2, 0.25) is 0 Å². The normalized spacial score (nSPS) is 17.5. The van der Waals surface area contributed by atoms with E-state index in [1.165, 1.54) is 5.56 Å². The van der Waals surface area contributed by atoms with Gasteiger partial charge in [0, 0.05) is 16.7 Å². The van der Waals surface area contributed by atoms with Gasteiger partial charge in [-0.3, -0.25) is 0 Å². The topological polar surface area (TPSA) is 35.2 Å². The predicted octanol–water partition coefficient (Wildman–Crippen LogP) is 6.07. The van der Waals surface area contributed by atoms with Gasteiger partial charge in [-0.25, -0.2) is 0 Å². The minimum atomic E-state index is -0.751. The molecule has 2 nitrogen and oxygen atoms in total. The van der Waals surface area contributed by atoms with E-state index >= 15 is 0 Å². The van der Waals surface area contributed by atoms with Gasteiger partial charge in [0.05, 0.1) is 5.92 Å². The van der Waals surface area contributed by atoms with E-state index in [1.54, 1.807) is 0 Å². The highest BCUT2D eigenvalue weighted by Gasteiger charge is 2.53. The Labute approximate surface area is 177 Å². The molecule has 0 radical (unpaired) electrons. The van der Waals surface area contributed by atoms with Crippen molar-refractivity contribution in [3.63, 3.8) is 0 Å². The van der Waals surface area contributed by atoms with Gasteiger partial charge < -0.3 is 10.5 Å². The molecule has 0 saturated heterocycles. The lowest BCUT2D eigenvalue weighted by Gasteiger charge is -2.37. The molecular formula is C28H23NO. The fourth-order valence-electron chi connectivity index (χ4n) is 4.60. The summed E-state index contributed by atoms with van der Waals surface area (Å²) < 4.78 is 6.71. The Morgan fingerprint density at radius 1 is 0.567 bits per heavy atom. The average Bonchev–Trinajstić information content (AvgIpc) is 3.15. The smallest absolute Gasteiger partial charge is 0.190 e. The lowest BCUT2D eigenvalue weighted by atomic mass is 9.70. The molecule has 0 bridgehead atoms. The lowest BCUT2D eigenvalue weighted by Crippen LogP contribution is -2.34. The van der Waals surface area contributed by atoms with Crippen LogP contribution in [0.1, 0.15) is 28.2 Å². The Morgan fingerprint density at radius 2 is 1.00 bits per heavy atom. The molecule has 30 heavy (non-hydrogen) atoms. The maximum atomic E-state index is 6.71. The van der Waals surface area contributed by atoms with E-state index in [0.717, 1.165) is 22.3 Å². The van der Waals surface area contributed by atoms with Gasteiger partial charge in [0.25, 0.3) is 0 Å². The highest BCUT2D eigenvalue weighted by Crippen LogP contribution is 2.57. The molecule has 5 rings (SSSR count). The number of rotatable bonds is 4. The molecule has 0 spiro atoms. The minimum Gasteiger partial charge on any atom is -0.462 e. The Balaban J connectivity index is 1.83. The molecule has 1 aliphatic heterocycles. The molecule has 1 aliphatic rings. The third-order valence-electron chi connectivity index (χ3n) is 5.85. The van der Waals surface area contributed by atoms with E-state index in [2.05, 4.69) is 84.9 Å². The van der Waals surface area contributed by atoms with E-state index < -0.39 is 5.60 Å². The van der Waals surface area contributed by atoms with Crippen LogP contribution in [0, 0.1) is 0 Å². The van der Waals surface area contributed by atoms with Crippen LogP contribution in [-0.4, -0.2) is 0 Å². The Kier molecular flexibility index (Phi) is 4.61. The molecular weight excluding hydrogens is 366 g/mol. The second kappa shape index (κ2) is 7.57. The van der Waals surface area contributed by atoms with Gasteiger partial charge in [-0.05, 0) is 11.1 Å². The van der Waals surface area contributed by atoms with Crippen LogP contribution in [0.5, 0.6) is 0 Å². The maximum Gasteiger partial charge on any atom is 0.190 e. The summed E-state index contributed by atoms with van der Waals surface area (Å²) in [6, 6.07) is 41.7. The van der Waals surface area contributed by atoms with Gasteiger partial charge in [-0.1, -0.05) is 121 Å². The first-order valence-electron chi connectivity index (χ1n) is 10.2. The Hall–Kier alpha value is -3.78. The summed E-state index contributed by atoms with van der Waals surface area (Å²) in [7, 11) is 0. The van der Waals surface area contributed by atoms with Gasteiger partial charge in [0.1, 0.15) is 0 Å². The first kappa shape index (κ1) is 18.3. The molecule has 0 aliphatic carbocycles. The van der Waals surface area contributed by atoms with Crippen LogP contribution in [0.3, 0.4) is 0 Å². The third-order valence-corrected chi connectivity index (χ3v) is 5.85. The molecule has 4 aromatic carbocycles. The lowest BCUT2D eigenvalue weighted by molar-refractivity contribution is 0.0466. The zero-order chi connectivity index (χ0) is 20.4. The molecule has 0 saturated carbocycles. The molecule has 0 fully saturated rings. The van der Waals surface area contributed by atoms with E-state index in [0.29, 0.717) is 5.88 Å². The Morgan fingerprint density at radius 3 is 1.50 bits per heavy atom. The Bertz CT molecular complexity index is 1110. The number of hydrogen-bond donors (Lipinski definition) is 1. The van der Waals surface area contributed by atoms with Crippen molar-refractivity contribution >= 4 is 5.57 Å². The van der Waals surface area contributed by atoms with E-state index in [-0.39, 0.29) is 5.92 Å². The number of benzene rings is 4. The molecule has 2 heteroatoms. The molecule has 1 unspecified atom stereocenters. The van der Waals surface area contributed by atoms with Crippen LogP contribution >= 0.6 is 0 Å². The zero-order valence-corrected chi connectivity index (χ0v) is 16.6. The average molecular weight is 389 g/mol. The van der Waals surface area contributed by atoms with E-state index in [4.69, 9.17) is 10.5 Å². The van der Waals surface area contributed by atoms with Crippen molar-refractivity contribution in [3.8, 4) is 0 Å². The monoisotopic (exact) mass is 389 g/mol. The molecule has 4 aromatic rings. The minimum absolute atomic E-state index is 0.0918. The van der Waals surface area contributed by atoms with Crippen molar-refractivity contribution in [3.05, 3.63) is 149 Å². The maximum absolute atomic E-state index is 6.71. The number of ether oxygens (including phenoxy) is 1. The fourth-order valence-corrected chi connectivity index (χ4v) is 4.60. The number of hydrogen-bond acceptors (Lipinski definition) is 2. The number of nitrogens with two attached hydrogens (primary N) is 1. The molecule has 146 valence electrons. The quantitative estimate of drug-likeness (QED) is 0.460. The van der Waals surface area contributed by atoms with Crippen molar-refractivity contribution in [2.24, 2.45) is 5.73 Å². The van der Waals surface area contributed by atoms with Crippen molar-refractivity contribution in [2.45, 2.75) is 11.5 Å². The van der Waals surface area contributed by atoms with Crippen molar-refractivity contribution in [1.82, 2.24) is 0 Å². The summed E-state index contributed by atoms with van der Waals surface area (Å²) in [6.45, 7) is 0. The van der Waals surface area contributed by atoms with E-state index in [9.17, 15) is 0 Å². The largest absolute Gasteiger partial charge is 0.462 e. The highest BCUT2D eigenvalue weighted by atomic mass is 16.5. The standard InChI is InChI=1S/C28H23NO/c29-27-25(21-13-5-1-6-14-21)26(22-15-7-2-8-16-22)28(30-27,23-17-9-3-10-18-23)24-19-11-4-12-20-24/h1-20,26H,29H2. The van der Waals surface area contributed by atoms with Crippen LogP contribution in [0.25, 0.3) is 5.57 Å². The van der Waals surface area contributed by atoms with Crippen LogP contribution in [-0.2, 0) is 10.3 Å². The molecule has 2 N–H and O–H groups in total. The van der Waals surface area contributed by atoms with Crippen LogP contribution in [0.15, 0.2) is 127 Å². The second-order valence-electron chi connectivity index (χ2n) is 7.56. The van der Waals surface area contributed by atoms with Gasteiger partial charge >= 0.3 is 0 Å². The highest BCUT2D eigenvalue weighted by molar-refractivity contribution is 5.78. The molecule has 1 atom stereocenters. The van der Waals surface area contributed by atoms with Crippen LogP contribution < -0.4 is 5.73 Å². The summed E-state index contributed by atoms with van der Waals surface area (Å²) in [5.41, 5.74) is 11.3. The van der Waals surface area contributed by atoms with Crippen molar-refractivity contribution in [2.75, 3.05) is 0 Å². The predicted molar refractivity (Wildman–Crippen MR) is 121 cm³/mol. The SMILES string of the molecule is NC1=C(c2ccccc2)C(c2ccccc2)C(c2ccccc2)(c2ccccc2)O1. The van der Waals surface area contributed by atoms with Gasteiger partial charge in [0.15, 0.2) is 11.5 Å². The second-order valence-corrected chi connectivity index (χ2v) is 7.56. The summed E-state index contributed by atoms with van der Waals surface area (Å²) in [6.07, 6.45) is 0. The first-order chi connectivity index (χ1) is 14.8. The van der Waals surface area contributed by atoms with Gasteiger partial charge in [0.2, 0.25) is 0 Å². The first-order valence-corrected chi connectivity index (χ1v) is 10.2. The van der Waals surface area contributed by atoms with Crippen molar-refractivity contribution < 1.29 is 4.74 Å². The van der Waals surface area contributed by atoms with Gasteiger partial charge in [-0.2, -0.15) is 0 Å². The summed E-state index contributed by atoms with van der Waals surface area (Å²) in [5, 5.41) is 0. The zero-order valence-electron chi connectivity index (χ0n) is 16.6. The van der Waals surface area contributed by atoms with E-state index in [1.807, 2.05) is 36.4 Å². The van der Waals surface area contributed by atoms with Gasteiger partial charge in [-0.15, -0.1) is 0 Å². The van der Waals surface area contributed by atoms with Crippen molar-refractivity contribution in [1.29, 1.82) is 0 Å². The summed E-state index contributed by atoms with van der Waals surface area (Å²) >= 11 is 0. The third kappa shape index (κ3) is 2.89. The van der Waals surface area contributed by atoms with Crippen LogP contribution in [0.4, 0.5) is 0 Å².